The summed E-state index contributed by atoms with van der Waals surface area (Å²) in [5, 5.41) is 0. The highest BCUT2D eigenvalue weighted by Gasteiger charge is 2.34. The molecule has 112 valence electrons. The Morgan fingerprint density at radius 3 is 2.45 bits per heavy atom. The molecule has 0 fully saturated rings. The van der Waals surface area contributed by atoms with E-state index in [1.807, 2.05) is 0 Å². The first-order valence-corrected chi connectivity index (χ1v) is 5.56. The first kappa shape index (κ1) is 16.2. The van der Waals surface area contributed by atoms with E-state index in [1.165, 1.54) is 6.92 Å². The molecule has 0 radical (unpaired) electrons. The Morgan fingerprint density at radius 1 is 1.30 bits per heavy atom. The summed E-state index contributed by atoms with van der Waals surface area (Å²) in [5.74, 6) is -1.88. The number of rotatable bonds is 5. The summed E-state index contributed by atoms with van der Waals surface area (Å²) in [6, 6.07) is 3.03. The molecule has 20 heavy (non-hydrogen) atoms. The molecule has 0 saturated heterocycles. The van der Waals surface area contributed by atoms with Crippen LogP contribution in [-0.4, -0.2) is 18.9 Å². The standard InChI is InChI=1S/C12H11F5O3/c1-2-19-9(18)6-7-4-3-5-8(11(13)14)10(7)20-12(15,16)17/h3-5,11H,2,6H2,1H3. The quantitative estimate of drug-likeness (QED) is 0.615. The smallest absolute Gasteiger partial charge is 0.466 e. The first-order valence-electron chi connectivity index (χ1n) is 5.56. The van der Waals surface area contributed by atoms with Crippen molar-refractivity contribution in [1.82, 2.24) is 0 Å². The molecular formula is C12H11F5O3. The maximum atomic E-state index is 12.7. The Bertz CT molecular complexity index is 471. The van der Waals surface area contributed by atoms with E-state index < -0.39 is 36.5 Å². The molecule has 1 rings (SSSR count). The van der Waals surface area contributed by atoms with Crippen molar-refractivity contribution in [2.45, 2.75) is 26.1 Å². The predicted octanol–water partition coefficient (Wildman–Crippen LogP) is 3.63. The van der Waals surface area contributed by atoms with Gasteiger partial charge in [0.05, 0.1) is 18.6 Å². The summed E-state index contributed by atoms with van der Waals surface area (Å²) in [6.07, 6.45) is -8.87. The Kier molecular flexibility index (Phi) is 5.29. The largest absolute Gasteiger partial charge is 0.573 e. The third-order valence-electron chi connectivity index (χ3n) is 2.22. The van der Waals surface area contributed by atoms with E-state index in [9.17, 15) is 26.7 Å². The van der Waals surface area contributed by atoms with E-state index >= 15 is 0 Å². The molecule has 1 aromatic rings. The van der Waals surface area contributed by atoms with E-state index in [0.717, 1.165) is 18.2 Å². The fourth-order valence-corrected chi connectivity index (χ4v) is 1.52. The van der Waals surface area contributed by atoms with Crippen LogP contribution in [0.3, 0.4) is 0 Å². The lowest BCUT2D eigenvalue weighted by Gasteiger charge is -2.16. The molecule has 0 spiro atoms. The van der Waals surface area contributed by atoms with Crippen LogP contribution in [-0.2, 0) is 16.0 Å². The summed E-state index contributed by atoms with van der Waals surface area (Å²) in [6.45, 7) is 1.55. The Labute approximate surface area is 111 Å². The normalized spacial score (nSPS) is 11.6. The van der Waals surface area contributed by atoms with Crippen LogP contribution in [0.25, 0.3) is 0 Å². The van der Waals surface area contributed by atoms with Gasteiger partial charge in [0.25, 0.3) is 6.43 Å². The summed E-state index contributed by atoms with van der Waals surface area (Å²) >= 11 is 0. The van der Waals surface area contributed by atoms with Crippen molar-refractivity contribution < 1.29 is 36.2 Å². The molecule has 3 nitrogen and oxygen atoms in total. The fraction of sp³-hybridized carbons (Fsp3) is 0.417. The molecule has 1 aromatic carbocycles. The second-order valence-corrected chi connectivity index (χ2v) is 3.67. The van der Waals surface area contributed by atoms with Crippen LogP contribution in [0.5, 0.6) is 5.75 Å². The lowest BCUT2D eigenvalue weighted by molar-refractivity contribution is -0.275. The maximum absolute atomic E-state index is 12.7. The maximum Gasteiger partial charge on any atom is 0.573 e. The molecule has 0 aliphatic rings. The van der Waals surface area contributed by atoms with Gasteiger partial charge in [-0.1, -0.05) is 12.1 Å². The van der Waals surface area contributed by atoms with Gasteiger partial charge in [0, 0.05) is 5.56 Å². The zero-order chi connectivity index (χ0) is 15.3. The van der Waals surface area contributed by atoms with Crippen molar-refractivity contribution in [3.05, 3.63) is 29.3 Å². The minimum absolute atomic E-state index is 0.0306. The van der Waals surface area contributed by atoms with Crippen molar-refractivity contribution in [1.29, 1.82) is 0 Å². The molecular weight excluding hydrogens is 287 g/mol. The molecule has 0 heterocycles. The molecule has 0 N–H and O–H groups in total. The van der Waals surface area contributed by atoms with Crippen molar-refractivity contribution in [2.24, 2.45) is 0 Å². The van der Waals surface area contributed by atoms with Gasteiger partial charge < -0.3 is 9.47 Å². The van der Waals surface area contributed by atoms with Gasteiger partial charge in [0.1, 0.15) is 5.75 Å². The van der Waals surface area contributed by atoms with Crippen LogP contribution in [0.1, 0.15) is 24.5 Å². The molecule has 0 bridgehead atoms. The average molecular weight is 298 g/mol. The number of carbonyl (C=O) groups is 1. The van der Waals surface area contributed by atoms with E-state index in [-0.39, 0.29) is 12.2 Å². The fourth-order valence-electron chi connectivity index (χ4n) is 1.52. The number of para-hydroxylation sites is 1. The summed E-state index contributed by atoms with van der Waals surface area (Å²) in [4.78, 5) is 11.3. The minimum Gasteiger partial charge on any atom is -0.466 e. The van der Waals surface area contributed by atoms with Crippen LogP contribution in [0.2, 0.25) is 0 Å². The average Bonchev–Trinajstić information content (AvgIpc) is 2.29. The SMILES string of the molecule is CCOC(=O)Cc1cccc(C(F)F)c1OC(F)(F)F. The predicted molar refractivity (Wildman–Crippen MR) is 58.4 cm³/mol. The van der Waals surface area contributed by atoms with Gasteiger partial charge in [-0.25, -0.2) is 8.78 Å². The van der Waals surface area contributed by atoms with Gasteiger partial charge in [-0.15, -0.1) is 13.2 Å². The van der Waals surface area contributed by atoms with Crippen LogP contribution >= 0.6 is 0 Å². The molecule has 0 amide bonds. The first-order chi connectivity index (χ1) is 9.24. The Balaban J connectivity index is 3.15. The summed E-state index contributed by atoms with van der Waals surface area (Å²) < 4.78 is 70.4. The highest BCUT2D eigenvalue weighted by atomic mass is 19.4. The van der Waals surface area contributed by atoms with Gasteiger partial charge in [-0.2, -0.15) is 0 Å². The Hall–Kier alpha value is -1.86. The highest BCUT2D eigenvalue weighted by Crippen LogP contribution is 2.36. The van der Waals surface area contributed by atoms with E-state index in [4.69, 9.17) is 0 Å². The zero-order valence-corrected chi connectivity index (χ0v) is 10.3. The van der Waals surface area contributed by atoms with Gasteiger partial charge in [-0.3, -0.25) is 4.79 Å². The highest BCUT2D eigenvalue weighted by molar-refractivity contribution is 5.74. The van der Waals surface area contributed by atoms with Gasteiger partial charge in [0.2, 0.25) is 0 Å². The van der Waals surface area contributed by atoms with Crippen LogP contribution in [0.15, 0.2) is 18.2 Å². The number of ether oxygens (including phenoxy) is 2. The van der Waals surface area contributed by atoms with Gasteiger partial charge in [-0.05, 0) is 13.0 Å². The lowest BCUT2D eigenvalue weighted by Crippen LogP contribution is -2.20. The monoisotopic (exact) mass is 298 g/mol. The number of halogens is 5. The van der Waals surface area contributed by atoms with Crippen LogP contribution in [0.4, 0.5) is 22.0 Å². The van der Waals surface area contributed by atoms with Crippen LogP contribution in [0, 0.1) is 0 Å². The molecule has 8 heteroatoms. The zero-order valence-electron chi connectivity index (χ0n) is 10.3. The van der Waals surface area contributed by atoms with Crippen molar-refractivity contribution >= 4 is 5.97 Å². The van der Waals surface area contributed by atoms with Gasteiger partial charge >= 0.3 is 12.3 Å². The van der Waals surface area contributed by atoms with Crippen molar-refractivity contribution in [2.75, 3.05) is 6.61 Å². The number of esters is 1. The number of alkyl halides is 5. The van der Waals surface area contributed by atoms with Crippen molar-refractivity contribution in [3.8, 4) is 5.75 Å². The van der Waals surface area contributed by atoms with E-state index in [0.29, 0.717) is 0 Å². The van der Waals surface area contributed by atoms with Crippen molar-refractivity contribution in [3.63, 3.8) is 0 Å². The molecule has 0 aliphatic carbocycles. The molecule has 0 atom stereocenters. The van der Waals surface area contributed by atoms with Crippen LogP contribution < -0.4 is 4.74 Å². The lowest BCUT2D eigenvalue weighted by atomic mass is 10.1. The third-order valence-corrected chi connectivity index (χ3v) is 2.22. The van der Waals surface area contributed by atoms with Gasteiger partial charge in [0.15, 0.2) is 0 Å². The second-order valence-electron chi connectivity index (χ2n) is 3.67. The summed E-state index contributed by atoms with van der Waals surface area (Å²) in [5.41, 5.74) is -1.23. The number of benzene rings is 1. The van der Waals surface area contributed by atoms with E-state index in [2.05, 4.69) is 9.47 Å². The molecule has 0 aliphatic heterocycles. The number of carbonyl (C=O) groups excluding carboxylic acids is 1. The number of hydrogen-bond acceptors (Lipinski definition) is 3. The minimum atomic E-state index is -5.13. The molecule has 0 aromatic heterocycles. The Morgan fingerprint density at radius 2 is 1.95 bits per heavy atom. The molecule has 0 unspecified atom stereocenters. The van der Waals surface area contributed by atoms with E-state index in [1.54, 1.807) is 0 Å². The molecule has 0 saturated carbocycles. The second kappa shape index (κ2) is 6.53. The third kappa shape index (κ3) is 4.67. The summed E-state index contributed by atoms with van der Waals surface area (Å²) in [7, 11) is 0. The topological polar surface area (TPSA) is 35.5 Å². The number of hydrogen-bond donors (Lipinski definition) is 0.